The van der Waals surface area contributed by atoms with Crippen LogP contribution in [0.15, 0.2) is 12.7 Å². The summed E-state index contributed by atoms with van der Waals surface area (Å²) in [5.41, 5.74) is 0. The number of carbonyl (C=O) groups is 1. The zero-order valence-electron chi connectivity index (χ0n) is 6.34. The summed E-state index contributed by atoms with van der Waals surface area (Å²) in [7, 11) is 0. The summed E-state index contributed by atoms with van der Waals surface area (Å²) in [5, 5.41) is 0. The lowest BCUT2D eigenvalue weighted by Gasteiger charge is -2.09. The third kappa shape index (κ3) is 1.28. The van der Waals surface area contributed by atoms with Crippen LogP contribution < -0.4 is 0 Å². The van der Waals surface area contributed by atoms with Crippen molar-refractivity contribution >= 4 is 5.78 Å². The molecule has 1 fully saturated rings. The fourth-order valence-corrected chi connectivity index (χ4v) is 1.44. The Labute approximate surface area is 62.1 Å². The van der Waals surface area contributed by atoms with Gasteiger partial charge in [0.25, 0.3) is 0 Å². The van der Waals surface area contributed by atoms with Crippen LogP contribution in [0.4, 0.5) is 0 Å². The third-order valence-corrected chi connectivity index (χ3v) is 2.16. The number of Topliss-reactive ketones (excluding diaryl/α,β-unsaturated/α-hetero) is 1. The molecule has 0 aliphatic heterocycles. The van der Waals surface area contributed by atoms with Gasteiger partial charge < -0.3 is 0 Å². The standard InChI is InChI=1S/C9H13O/c1-3-4-8-7(2)5-6-9(8)10/h3,5,7-8H,1,4,6H2,2H3. The zero-order valence-corrected chi connectivity index (χ0v) is 6.34. The van der Waals surface area contributed by atoms with Crippen LogP contribution in [0.3, 0.4) is 0 Å². The molecule has 0 aromatic carbocycles. The topological polar surface area (TPSA) is 17.1 Å². The van der Waals surface area contributed by atoms with Crippen molar-refractivity contribution in [3.63, 3.8) is 0 Å². The Bertz CT molecular complexity index is 149. The lowest BCUT2D eigenvalue weighted by Crippen LogP contribution is -2.10. The molecule has 0 saturated heterocycles. The van der Waals surface area contributed by atoms with E-state index in [9.17, 15) is 4.79 Å². The first-order valence-corrected chi connectivity index (χ1v) is 3.72. The average molecular weight is 137 g/mol. The maximum Gasteiger partial charge on any atom is 0.136 e. The molecule has 0 bridgehead atoms. The summed E-state index contributed by atoms with van der Waals surface area (Å²) in [5.74, 6) is 1.08. The molecule has 0 spiro atoms. The van der Waals surface area contributed by atoms with E-state index in [0.717, 1.165) is 6.42 Å². The summed E-state index contributed by atoms with van der Waals surface area (Å²) in [6.07, 6.45) is 5.44. The van der Waals surface area contributed by atoms with Crippen molar-refractivity contribution in [2.45, 2.75) is 19.8 Å². The van der Waals surface area contributed by atoms with Crippen LogP contribution in [0.1, 0.15) is 19.8 Å². The summed E-state index contributed by atoms with van der Waals surface area (Å²) in [6.45, 7) is 5.72. The van der Waals surface area contributed by atoms with E-state index in [4.69, 9.17) is 0 Å². The molecular weight excluding hydrogens is 124 g/mol. The molecule has 10 heavy (non-hydrogen) atoms. The average Bonchev–Trinajstić information content (AvgIpc) is 2.20. The Hall–Kier alpha value is -0.590. The van der Waals surface area contributed by atoms with Crippen LogP contribution >= 0.6 is 0 Å². The zero-order chi connectivity index (χ0) is 7.56. The van der Waals surface area contributed by atoms with Gasteiger partial charge in [0.2, 0.25) is 0 Å². The second-order valence-corrected chi connectivity index (χ2v) is 2.90. The normalized spacial score (nSPS) is 32.7. The van der Waals surface area contributed by atoms with E-state index in [-0.39, 0.29) is 5.92 Å². The second kappa shape index (κ2) is 3.00. The van der Waals surface area contributed by atoms with Gasteiger partial charge in [-0.05, 0) is 18.8 Å². The maximum absolute atomic E-state index is 11.1. The van der Waals surface area contributed by atoms with Gasteiger partial charge in [-0.2, -0.15) is 0 Å². The number of rotatable bonds is 2. The van der Waals surface area contributed by atoms with Gasteiger partial charge >= 0.3 is 0 Å². The van der Waals surface area contributed by atoms with Crippen molar-refractivity contribution in [1.82, 2.24) is 0 Å². The molecule has 1 aliphatic carbocycles. The molecule has 0 N–H and O–H groups in total. The predicted octanol–water partition coefficient (Wildman–Crippen LogP) is 1.99. The molecule has 1 saturated carbocycles. The highest BCUT2D eigenvalue weighted by atomic mass is 16.1. The Balaban J connectivity index is 2.53. The quantitative estimate of drug-likeness (QED) is 0.532. The molecule has 1 heteroatoms. The first-order chi connectivity index (χ1) is 4.75. The van der Waals surface area contributed by atoms with Gasteiger partial charge in [0.1, 0.15) is 5.78 Å². The van der Waals surface area contributed by atoms with E-state index in [1.165, 1.54) is 0 Å². The molecule has 0 aromatic rings. The lowest BCUT2D eigenvalue weighted by atomic mass is 9.94. The summed E-state index contributed by atoms with van der Waals surface area (Å²) in [4.78, 5) is 11.1. The fourth-order valence-electron chi connectivity index (χ4n) is 1.44. The van der Waals surface area contributed by atoms with Crippen LogP contribution in [0.5, 0.6) is 0 Å². The van der Waals surface area contributed by atoms with Crippen molar-refractivity contribution in [2.24, 2.45) is 11.8 Å². The van der Waals surface area contributed by atoms with E-state index in [1.54, 1.807) is 0 Å². The van der Waals surface area contributed by atoms with Crippen LogP contribution in [-0.4, -0.2) is 5.78 Å². The highest BCUT2D eigenvalue weighted by Crippen LogP contribution is 2.29. The Morgan fingerprint density at radius 3 is 3.00 bits per heavy atom. The van der Waals surface area contributed by atoms with E-state index in [2.05, 4.69) is 19.9 Å². The summed E-state index contributed by atoms with van der Waals surface area (Å²) >= 11 is 0. The largest absolute Gasteiger partial charge is 0.299 e. The predicted molar refractivity (Wildman–Crippen MR) is 41.4 cm³/mol. The molecule has 0 amide bonds. The molecule has 1 aliphatic rings. The van der Waals surface area contributed by atoms with E-state index >= 15 is 0 Å². The van der Waals surface area contributed by atoms with Crippen molar-refractivity contribution in [2.75, 3.05) is 0 Å². The summed E-state index contributed by atoms with van der Waals surface area (Å²) in [6, 6.07) is 0. The molecule has 2 atom stereocenters. The molecular formula is C9H13O. The van der Waals surface area contributed by atoms with E-state index in [1.807, 2.05) is 6.08 Å². The summed E-state index contributed by atoms with van der Waals surface area (Å²) < 4.78 is 0. The van der Waals surface area contributed by atoms with Gasteiger partial charge in [-0.25, -0.2) is 0 Å². The van der Waals surface area contributed by atoms with Crippen molar-refractivity contribution in [3.8, 4) is 0 Å². The van der Waals surface area contributed by atoms with Gasteiger partial charge in [0, 0.05) is 12.3 Å². The van der Waals surface area contributed by atoms with Crippen LogP contribution in [-0.2, 0) is 4.79 Å². The third-order valence-electron chi connectivity index (χ3n) is 2.16. The fraction of sp³-hybridized carbons (Fsp3) is 0.556. The first kappa shape index (κ1) is 7.52. The van der Waals surface area contributed by atoms with E-state index < -0.39 is 0 Å². The van der Waals surface area contributed by atoms with Crippen molar-refractivity contribution in [3.05, 3.63) is 19.1 Å². The van der Waals surface area contributed by atoms with Crippen LogP contribution in [0, 0.1) is 18.3 Å². The first-order valence-electron chi connectivity index (χ1n) is 3.72. The Kier molecular flexibility index (Phi) is 2.25. The van der Waals surface area contributed by atoms with Gasteiger partial charge in [-0.15, -0.1) is 6.58 Å². The van der Waals surface area contributed by atoms with Crippen molar-refractivity contribution in [1.29, 1.82) is 0 Å². The van der Waals surface area contributed by atoms with Gasteiger partial charge in [-0.3, -0.25) is 4.79 Å². The molecule has 1 nitrogen and oxygen atoms in total. The highest BCUT2D eigenvalue weighted by molar-refractivity contribution is 5.85. The smallest absolute Gasteiger partial charge is 0.136 e. The second-order valence-electron chi connectivity index (χ2n) is 2.90. The monoisotopic (exact) mass is 137 g/mol. The number of carbonyl (C=O) groups excluding carboxylic acids is 1. The highest BCUT2D eigenvalue weighted by Gasteiger charge is 2.29. The molecule has 0 aromatic heterocycles. The Morgan fingerprint density at radius 1 is 1.90 bits per heavy atom. The number of hydrogen-bond donors (Lipinski definition) is 0. The van der Waals surface area contributed by atoms with Crippen LogP contribution in [0.25, 0.3) is 0 Å². The molecule has 55 valence electrons. The minimum Gasteiger partial charge on any atom is -0.299 e. The minimum absolute atomic E-state index is 0.234. The lowest BCUT2D eigenvalue weighted by molar-refractivity contribution is -0.121. The van der Waals surface area contributed by atoms with Crippen LogP contribution in [0.2, 0.25) is 0 Å². The maximum atomic E-state index is 11.1. The SMILES string of the molecule is C=CCC1C(=O)C[CH]C1C. The number of ketones is 1. The molecule has 0 heterocycles. The molecule has 2 unspecified atom stereocenters. The van der Waals surface area contributed by atoms with Gasteiger partial charge in [0.15, 0.2) is 0 Å². The Morgan fingerprint density at radius 2 is 2.60 bits per heavy atom. The minimum atomic E-state index is 0.234. The van der Waals surface area contributed by atoms with E-state index in [0.29, 0.717) is 18.1 Å². The molecule has 1 rings (SSSR count). The van der Waals surface area contributed by atoms with Crippen molar-refractivity contribution < 1.29 is 4.79 Å². The number of allylic oxidation sites excluding steroid dienone is 1. The number of hydrogen-bond acceptors (Lipinski definition) is 1. The molecule has 1 radical (unpaired) electrons. The van der Waals surface area contributed by atoms with Gasteiger partial charge in [0.05, 0.1) is 0 Å². The van der Waals surface area contributed by atoms with Gasteiger partial charge in [-0.1, -0.05) is 13.0 Å².